The van der Waals surface area contributed by atoms with Gasteiger partial charge in [-0.15, -0.1) is 0 Å². The first kappa shape index (κ1) is 19.9. The maximum atomic E-state index is 13.2. The number of hydrogen-bond acceptors (Lipinski definition) is 5. The van der Waals surface area contributed by atoms with E-state index in [2.05, 4.69) is 17.0 Å². The molecule has 1 saturated heterocycles. The number of carbonyl (C=O) groups is 1. The Labute approximate surface area is 172 Å². The zero-order valence-corrected chi connectivity index (χ0v) is 16.9. The summed E-state index contributed by atoms with van der Waals surface area (Å²) in [6.07, 6.45) is -0.603. The molecule has 1 amide bonds. The van der Waals surface area contributed by atoms with Gasteiger partial charge >= 0.3 is 0 Å². The first-order chi connectivity index (χ1) is 14.2. The number of ether oxygens (including phenoxy) is 3. The maximum absolute atomic E-state index is 13.2. The molecule has 6 nitrogen and oxygen atoms in total. The summed E-state index contributed by atoms with van der Waals surface area (Å²) >= 11 is 0. The summed E-state index contributed by atoms with van der Waals surface area (Å²) in [5.74, 6) is 0.827. The Hall–Kier alpha value is -2.41. The first-order valence-corrected chi connectivity index (χ1v) is 10.2. The number of methoxy groups -OCH3 is 1. The van der Waals surface area contributed by atoms with Crippen LogP contribution in [-0.2, 0) is 27.4 Å². The first-order valence-electron chi connectivity index (χ1n) is 10.2. The van der Waals surface area contributed by atoms with Crippen LogP contribution in [0.1, 0.15) is 22.8 Å². The summed E-state index contributed by atoms with van der Waals surface area (Å²) in [4.78, 5) is 17.4. The van der Waals surface area contributed by atoms with Gasteiger partial charge in [-0.3, -0.25) is 9.69 Å². The smallest absolute Gasteiger partial charge is 0.256 e. The Morgan fingerprint density at radius 3 is 2.62 bits per heavy atom. The predicted molar refractivity (Wildman–Crippen MR) is 110 cm³/mol. The van der Waals surface area contributed by atoms with E-state index in [1.54, 1.807) is 7.11 Å². The monoisotopic (exact) mass is 396 g/mol. The van der Waals surface area contributed by atoms with Crippen molar-refractivity contribution in [2.45, 2.75) is 19.2 Å². The number of amides is 1. The number of hydrogen-bond donors (Lipinski definition) is 0. The summed E-state index contributed by atoms with van der Waals surface area (Å²) in [5.41, 5.74) is 3.14. The van der Waals surface area contributed by atoms with Gasteiger partial charge in [0.1, 0.15) is 12.4 Å². The molecular formula is C23H28N2O4. The van der Waals surface area contributed by atoms with Gasteiger partial charge in [-0.1, -0.05) is 36.4 Å². The van der Waals surface area contributed by atoms with Crippen LogP contribution in [0, 0.1) is 0 Å². The van der Waals surface area contributed by atoms with Crippen molar-refractivity contribution in [1.29, 1.82) is 0 Å². The molecule has 6 heteroatoms. The number of morpholine rings is 1. The molecule has 2 aliphatic rings. The van der Waals surface area contributed by atoms with Crippen molar-refractivity contribution in [3.8, 4) is 5.75 Å². The molecule has 0 aromatic heterocycles. The summed E-state index contributed by atoms with van der Waals surface area (Å²) in [6, 6.07) is 16.0. The molecule has 2 aromatic carbocycles. The van der Waals surface area contributed by atoms with Crippen molar-refractivity contribution in [2.24, 2.45) is 0 Å². The van der Waals surface area contributed by atoms with Gasteiger partial charge in [-0.05, 0) is 23.3 Å². The molecule has 2 aliphatic heterocycles. The number of fused-ring (bicyclic) bond motifs is 1. The van der Waals surface area contributed by atoms with Crippen LogP contribution in [0.5, 0.6) is 5.75 Å². The molecule has 4 rings (SSSR count). The third-order valence-corrected chi connectivity index (χ3v) is 5.49. The summed E-state index contributed by atoms with van der Waals surface area (Å²) in [6.45, 7) is 5.90. The molecule has 1 atom stereocenters. The predicted octanol–water partition coefficient (Wildman–Crippen LogP) is 2.63. The summed E-state index contributed by atoms with van der Waals surface area (Å²) in [7, 11) is 1.58. The van der Waals surface area contributed by atoms with Gasteiger partial charge in [0.15, 0.2) is 6.10 Å². The van der Waals surface area contributed by atoms with Gasteiger partial charge in [-0.25, -0.2) is 0 Å². The lowest BCUT2D eigenvalue weighted by Crippen LogP contribution is -2.37. The van der Waals surface area contributed by atoms with Crippen molar-refractivity contribution in [2.75, 3.05) is 46.6 Å². The van der Waals surface area contributed by atoms with Crippen molar-refractivity contribution in [3.05, 3.63) is 65.2 Å². The average molecular weight is 396 g/mol. The zero-order valence-electron chi connectivity index (χ0n) is 16.9. The molecular weight excluding hydrogens is 368 g/mol. The van der Waals surface area contributed by atoms with Crippen LogP contribution in [-0.4, -0.2) is 62.3 Å². The lowest BCUT2D eigenvalue weighted by Gasteiger charge is -2.27. The number of nitrogens with zero attached hydrogens (tertiary/aromatic N) is 2. The lowest BCUT2D eigenvalue weighted by atomic mass is 10.1. The number of carbonyl (C=O) groups excluding carboxylic acids is 1. The fraction of sp³-hybridized carbons (Fsp3) is 0.435. The van der Waals surface area contributed by atoms with Crippen molar-refractivity contribution in [1.82, 2.24) is 9.80 Å². The summed E-state index contributed by atoms with van der Waals surface area (Å²) in [5, 5.41) is 0. The average Bonchev–Trinajstić information content (AvgIpc) is 2.98. The Balaban J connectivity index is 1.50. The molecule has 154 valence electrons. The molecule has 29 heavy (non-hydrogen) atoms. The van der Waals surface area contributed by atoms with E-state index in [4.69, 9.17) is 14.2 Å². The molecule has 1 fully saturated rings. The van der Waals surface area contributed by atoms with E-state index < -0.39 is 6.10 Å². The quantitative estimate of drug-likeness (QED) is 0.778. The normalized spacial score (nSPS) is 18.4. The number of benzene rings is 2. The van der Waals surface area contributed by atoms with Crippen LogP contribution in [0.4, 0.5) is 0 Å². The molecule has 0 bridgehead atoms. The summed E-state index contributed by atoms with van der Waals surface area (Å²) < 4.78 is 16.9. The van der Waals surface area contributed by atoms with E-state index in [-0.39, 0.29) is 5.91 Å². The van der Waals surface area contributed by atoms with Crippen LogP contribution in [0.15, 0.2) is 48.5 Å². The van der Waals surface area contributed by atoms with Gasteiger partial charge in [0.05, 0.1) is 19.8 Å². The minimum absolute atomic E-state index is 0.0336. The third kappa shape index (κ3) is 4.78. The fourth-order valence-electron chi connectivity index (χ4n) is 3.92. The van der Waals surface area contributed by atoms with Crippen LogP contribution >= 0.6 is 0 Å². The van der Waals surface area contributed by atoms with E-state index >= 15 is 0 Å². The minimum atomic E-state index is -0.603. The van der Waals surface area contributed by atoms with Crippen LogP contribution < -0.4 is 4.74 Å². The zero-order chi connectivity index (χ0) is 20.1. The molecule has 0 N–H and O–H groups in total. The van der Waals surface area contributed by atoms with Gasteiger partial charge < -0.3 is 19.1 Å². The second-order valence-electron chi connectivity index (χ2n) is 7.47. The van der Waals surface area contributed by atoms with E-state index in [1.165, 1.54) is 5.56 Å². The van der Waals surface area contributed by atoms with Gasteiger partial charge in [0.25, 0.3) is 5.91 Å². The third-order valence-electron chi connectivity index (χ3n) is 5.49. The molecule has 0 radical (unpaired) electrons. The fourth-order valence-corrected chi connectivity index (χ4v) is 3.92. The van der Waals surface area contributed by atoms with E-state index in [0.29, 0.717) is 19.7 Å². The highest BCUT2D eigenvalue weighted by Gasteiger charge is 2.28. The number of rotatable bonds is 5. The topological polar surface area (TPSA) is 51.2 Å². The van der Waals surface area contributed by atoms with Crippen molar-refractivity contribution in [3.63, 3.8) is 0 Å². The van der Waals surface area contributed by atoms with Gasteiger partial charge in [0.2, 0.25) is 0 Å². The van der Waals surface area contributed by atoms with Crippen molar-refractivity contribution >= 4 is 5.91 Å². The van der Waals surface area contributed by atoms with Crippen LogP contribution in [0.2, 0.25) is 0 Å². The van der Waals surface area contributed by atoms with Crippen LogP contribution in [0.25, 0.3) is 0 Å². The molecule has 0 aliphatic carbocycles. The maximum Gasteiger partial charge on any atom is 0.256 e. The molecule has 2 aromatic rings. The highest BCUT2D eigenvalue weighted by atomic mass is 16.5. The largest absolute Gasteiger partial charge is 0.491 e. The molecule has 0 unspecified atom stereocenters. The Morgan fingerprint density at radius 1 is 1.07 bits per heavy atom. The van der Waals surface area contributed by atoms with Crippen molar-refractivity contribution < 1.29 is 19.0 Å². The van der Waals surface area contributed by atoms with Crippen LogP contribution in [0.3, 0.4) is 0 Å². The Kier molecular flexibility index (Phi) is 6.44. The Morgan fingerprint density at radius 2 is 1.86 bits per heavy atom. The highest BCUT2D eigenvalue weighted by molar-refractivity contribution is 5.82. The standard InChI is InChI=1S/C23H28N2O4/c1-27-22(19-5-3-2-4-6-19)23(26)25-11-14-29-21-8-7-18(15-20(21)17-25)16-24-9-12-28-13-10-24/h2-8,15,22H,9-14,16-17H2,1H3/t22-/m1/s1. The molecule has 0 saturated carbocycles. The molecule has 2 heterocycles. The second-order valence-corrected chi connectivity index (χ2v) is 7.47. The lowest BCUT2D eigenvalue weighted by molar-refractivity contribution is -0.143. The Bertz CT molecular complexity index is 821. The van der Waals surface area contributed by atoms with E-state index in [9.17, 15) is 4.79 Å². The molecule has 0 spiro atoms. The SMILES string of the molecule is CO[C@@H](C(=O)N1CCOc2ccc(CN3CCOCC3)cc2C1)c1ccccc1. The van der Waals surface area contributed by atoms with Gasteiger partial charge in [0, 0.05) is 38.9 Å². The van der Waals surface area contributed by atoms with E-state index in [0.717, 1.165) is 49.7 Å². The second kappa shape index (κ2) is 9.39. The minimum Gasteiger partial charge on any atom is -0.491 e. The highest BCUT2D eigenvalue weighted by Crippen LogP contribution is 2.27. The van der Waals surface area contributed by atoms with E-state index in [1.807, 2.05) is 41.3 Å². The van der Waals surface area contributed by atoms with Gasteiger partial charge in [-0.2, -0.15) is 0 Å².